The number of carbonyl (C=O) groups excluding carboxylic acids is 1. The van der Waals surface area contributed by atoms with Gasteiger partial charge < -0.3 is 15.2 Å². The maximum Gasteiger partial charge on any atom is 0.261 e. The average Bonchev–Trinajstić information content (AvgIpc) is 3.09. The van der Waals surface area contributed by atoms with E-state index in [-0.39, 0.29) is 17.7 Å². The van der Waals surface area contributed by atoms with Gasteiger partial charge in [-0.1, -0.05) is 11.3 Å². The monoisotopic (exact) mass is 358 g/mol. The van der Waals surface area contributed by atoms with Gasteiger partial charge in [-0.3, -0.25) is 9.69 Å². The van der Waals surface area contributed by atoms with E-state index < -0.39 is 0 Å². The highest BCUT2D eigenvalue weighted by Crippen LogP contribution is 2.33. The Hall–Kier alpha value is -2.05. The maximum atomic E-state index is 12.6. The summed E-state index contributed by atoms with van der Waals surface area (Å²) in [5.41, 5.74) is 0. The first kappa shape index (κ1) is 16.4. The number of thiophene rings is 1. The van der Waals surface area contributed by atoms with Crippen LogP contribution < -0.4 is 10.1 Å². The van der Waals surface area contributed by atoms with Crippen LogP contribution in [0.1, 0.15) is 29.4 Å². The SMILES string of the molecule is C[C@H]1[C@H](NC(=O)c2ccc(Oc3ccc(O)cc3)s2)C2CCN1CC2. The lowest BCUT2D eigenvalue weighted by Crippen LogP contribution is -2.62. The summed E-state index contributed by atoms with van der Waals surface area (Å²) in [7, 11) is 0. The first-order chi connectivity index (χ1) is 12.1. The molecule has 0 spiro atoms. The standard InChI is InChI=1S/C19H22N2O3S/c1-12-18(13-8-10-21(12)11-9-13)20-19(23)16-6-7-17(25-16)24-15-4-2-14(22)3-5-15/h2-7,12-13,18,22H,8-11H2,1H3,(H,20,23)/t12-,18-/m0/s1. The summed E-state index contributed by atoms with van der Waals surface area (Å²) in [5, 5.41) is 13.2. The molecule has 2 N–H and O–H groups in total. The number of aromatic hydroxyl groups is 1. The van der Waals surface area contributed by atoms with Crippen LogP contribution in [0.5, 0.6) is 16.6 Å². The number of amides is 1. The van der Waals surface area contributed by atoms with Crippen molar-refractivity contribution in [3.05, 3.63) is 41.3 Å². The Kier molecular flexibility index (Phi) is 4.39. The largest absolute Gasteiger partial charge is 0.508 e. The quantitative estimate of drug-likeness (QED) is 0.879. The minimum absolute atomic E-state index is 0.0174. The Balaban J connectivity index is 1.41. The predicted octanol–water partition coefficient (Wildman–Crippen LogP) is 3.46. The summed E-state index contributed by atoms with van der Waals surface area (Å²) < 4.78 is 5.74. The molecule has 1 aromatic heterocycles. The number of benzene rings is 1. The van der Waals surface area contributed by atoms with Gasteiger partial charge in [-0.25, -0.2) is 0 Å². The molecule has 0 saturated carbocycles. The molecule has 0 aliphatic carbocycles. The number of rotatable bonds is 4. The Morgan fingerprint density at radius 1 is 1.20 bits per heavy atom. The molecule has 5 nitrogen and oxygen atoms in total. The van der Waals surface area contributed by atoms with Crippen molar-refractivity contribution in [3.8, 4) is 16.6 Å². The number of ether oxygens (including phenoxy) is 1. The zero-order valence-electron chi connectivity index (χ0n) is 14.1. The van der Waals surface area contributed by atoms with E-state index >= 15 is 0 Å². The predicted molar refractivity (Wildman–Crippen MR) is 97.5 cm³/mol. The maximum absolute atomic E-state index is 12.6. The Bertz CT molecular complexity index is 748. The summed E-state index contributed by atoms with van der Waals surface area (Å²) in [6.45, 7) is 4.52. The summed E-state index contributed by atoms with van der Waals surface area (Å²) in [6, 6.07) is 10.8. The van der Waals surface area contributed by atoms with Crippen LogP contribution in [0.15, 0.2) is 36.4 Å². The highest BCUT2D eigenvalue weighted by atomic mass is 32.1. The molecule has 1 amide bonds. The minimum atomic E-state index is -0.0174. The number of phenols is 1. The topological polar surface area (TPSA) is 61.8 Å². The van der Waals surface area contributed by atoms with Crippen molar-refractivity contribution in [1.82, 2.24) is 10.2 Å². The zero-order valence-corrected chi connectivity index (χ0v) is 15.0. The summed E-state index contributed by atoms with van der Waals surface area (Å²) >= 11 is 1.34. The third-order valence-electron chi connectivity index (χ3n) is 5.34. The number of piperidine rings is 3. The van der Waals surface area contributed by atoms with Crippen LogP contribution in [0.2, 0.25) is 0 Å². The first-order valence-electron chi connectivity index (χ1n) is 8.72. The van der Waals surface area contributed by atoms with Crippen molar-refractivity contribution in [1.29, 1.82) is 0 Å². The van der Waals surface area contributed by atoms with E-state index in [1.54, 1.807) is 24.3 Å². The third kappa shape index (κ3) is 3.37. The van der Waals surface area contributed by atoms with Gasteiger partial charge >= 0.3 is 0 Å². The fourth-order valence-electron chi connectivity index (χ4n) is 3.90. The molecule has 3 fully saturated rings. The molecule has 5 rings (SSSR count). The second-order valence-electron chi connectivity index (χ2n) is 6.83. The van der Waals surface area contributed by atoms with Gasteiger partial charge in [-0.15, -0.1) is 0 Å². The van der Waals surface area contributed by atoms with Gasteiger partial charge in [0.2, 0.25) is 0 Å². The van der Waals surface area contributed by atoms with Crippen molar-refractivity contribution >= 4 is 17.2 Å². The lowest BCUT2D eigenvalue weighted by molar-refractivity contribution is 0.0218. The van der Waals surface area contributed by atoms with Crippen LogP contribution in [0, 0.1) is 5.92 Å². The van der Waals surface area contributed by atoms with E-state index in [1.807, 2.05) is 12.1 Å². The van der Waals surface area contributed by atoms with Crippen molar-refractivity contribution in [2.45, 2.75) is 31.8 Å². The molecule has 0 radical (unpaired) electrons. The van der Waals surface area contributed by atoms with E-state index in [9.17, 15) is 9.90 Å². The van der Waals surface area contributed by atoms with Gasteiger partial charge in [0.25, 0.3) is 5.91 Å². The Morgan fingerprint density at radius 2 is 1.92 bits per heavy atom. The number of fused-ring (bicyclic) bond motifs is 3. The fourth-order valence-corrected chi connectivity index (χ4v) is 4.67. The van der Waals surface area contributed by atoms with Gasteiger partial charge in [-0.2, -0.15) is 0 Å². The van der Waals surface area contributed by atoms with Crippen LogP contribution in [0.25, 0.3) is 0 Å². The number of carbonyl (C=O) groups is 1. The normalized spacial score (nSPS) is 27.9. The van der Waals surface area contributed by atoms with Gasteiger partial charge in [0, 0.05) is 12.1 Å². The van der Waals surface area contributed by atoms with Gasteiger partial charge in [0.05, 0.1) is 4.88 Å². The van der Waals surface area contributed by atoms with E-state index in [0.717, 1.165) is 13.1 Å². The zero-order chi connectivity index (χ0) is 17.4. The van der Waals surface area contributed by atoms with Crippen molar-refractivity contribution in [2.24, 2.45) is 5.92 Å². The molecule has 0 unspecified atom stereocenters. The minimum Gasteiger partial charge on any atom is -0.508 e. The van der Waals surface area contributed by atoms with E-state index in [0.29, 0.717) is 27.6 Å². The molecule has 25 heavy (non-hydrogen) atoms. The second kappa shape index (κ2) is 6.69. The molecule has 2 bridgehead atoms. The van der Waals surface area contributed by atoms with E-state index in [4.69, 9.17) is 4.74 Å². The number of hydrogen-bond donors (Lipinski definition) is 2. The molecule has 1 aromatic carbocycles. The van der Waals surface area contributed by atoms with Crippen molar-refractivity contribution in [2.75, 3.05) is 13.1 Å². The van der Waals surface area contributed by atoms with Gasteiger partial charge in [0.15, 0.2) is 5.06 Å². The molecule has 132 valence electrons. The molecule has 2 aromatic rings. The molecule has 3 saturated heterocycles. The molecular weight excluding hydrogens is 336 g/mol. The third-order valence-corrected chi connectivity index (χ3v) is 6.30. The molecule has 6 heteroatoms. The van der Waals surface area contributed by atoms with Crippen LogP contribution >= 0.6 is 11.3 Å². The molecule has 3 aliphatic rings. The van der Waals surface area contributed by atoms with Crippen molar-refractivity contribution in [3.63, 3.8) is 0 Å². The van der Waals surface area contributed by atoms with Crippen molar-refractivity contribution < 1.29 is 14.6 Å². The summed E-state index contributed by atoms with van der Waals surface area (Å²) in [4.78, 5) is 15.8. The average molecular weight is 358 g/mol. The Morgan fingerprint density at radius 3 is 2.60 bits per heavy atom. The van der Waals surface area contributed by atoms with Crippen LogP contribution in [0.4, 0.5) is 0 Å². The van der Waals surface area contributed by atoms with Crippen LogP contribution in [0.3, 0.4) is 0 Å². The number of hydrogen-bond acceptors (Lipinski definition) is 5. The molecule has 4 heterocycles. The Labute approximate surface area is 151 Å². The summed E-state index contributed by atoms with van der Waals surface area (Å²) in [6.07, 6.45) is 2.35. The molecular formula is C19H22N2O3S. The van der Waals surface area contributed by atoms with Crippen LogP contribution in [-0.4, -0.2) is 41.1 Å². The van der Waals surface area contributed by atoms with Gasteiger partial charge in [-0.05, 0) is 75.2 Å². The smallest absolute Gasteiger partial charge is 0.261 e. The highest BCUT2D eigenvalue weighted by Gasteiger charge is 2.40. The lowest BCUT2D eigenvalue weighted by atomic mass is 9.79. The fraction of sp³-hybridized carbons (Fsp3) is 0.421. The number of phenolic OH excluding ortho intramolecular Hbond substituents is 1. The summed E-state index contributed by atoms with van der Waals surface area (Å²) in [5.74, 6) is 1.41. The highest BCUT2D eigenvalue weighted by molar-refractivity contribution is 7.15. The lowest BCUT2D eigenvalue weighted by Gasteiger charge is -2.49. The molecule has 2 atom stereocenters. The number of nitrogens with one attached hydrogen (secondary N) is 1. The second-order valence-corrected chi connectivity index (χ2v) is 7.87. The van der Waals surface area contributed by atoms with E-state index in [2.05, 4.69) is 17.1 Å². The van der Waals surface area contributed by atoms with Crippen LogP contribution in [-0.2, 0) is 0 Å². The number of nitrogens with zero attached hydrogens (tertiary/aromatic N) is 1. The van der Waals surface area contributed by atoms with Gasteiger partial charge in [0.1, 0.15) is 11.5 Å². The first-order valence-corrected chi connectivity index (χ1v) is 9.53. The van der Waals surface area contributed by atoms with E-state index in [1.165, 1.54) is 24.2 Å². The molecule has 3 aliphatic heterocycles.